The van der Waals surface area contributed by atoms with Gasteiger partial charge in [-0.1, -0.05) is 0 Å². The van der Waals surface area contributed by atoms with Crippen LogP contribution in [0.4, 0.5) is 0 Å². The number of fused-ring (bicyclic) bond motifs is 2. The topological polar surface area (TPSA) is 0 Å². The van der Waals surface area contributed by atoms with E-state index in [4.69, 9.17) is 34.1 Å². The minimum atomic E-state index is -7.13. The Balaban J connectivity index is 1.89. The minimum absolute atomic E-state index is 0.718. The second-order valence-electron chi connectivity index (χ2n) is 11.6. The zero-order valence-corrected chi connectivity index (χ0v) is 29.4. The number of hydrogen-bond donors (Lipinski definition) is 0. The Bertz CT molecular complexity index is 2060. The molecule has 0 spiro atoms. The fourth-order valence-electron chi connectivity index (χ4n) is 6.91. The van der Waals surface area contributed by atoms with Crippen molar-refractivity contribution in [2.45, 2.75) is 26.9 Å². The molecule has 0 bridgehead atoms. The SMILES string of the molecule is CC1=Cc2c(cccc2-c2ccccc2)[C]1=[Zr]([Cl])([Cl])([Cl])([Cl])(=[C]1C(C)=Cc2c1cccc2-c1ccccc1)=[Si](C)C. The van der Waals surface area contributed by atoms with Crippen molar-refractivity contribution < 1.29 is 8.69 Å². The van der Waals surface area contributed by atoms with Crippen molar-refractivity contribution in [3.8, 4) is 22.3 Å². The molecule has 0 saturated heterocycles. The summed E-state index contributed by atoms with van der Waals surface area (Å²) in [4.78, 5) is 0. The maximum atomic E-state index is 8.27. The number of allylic oxidation sites excluding steroid dienone is 2. The first-order valence-corrected chi connectivity index (χ1v) is 34.8. The predicted octanol–water partition coefficient (Wildman–Crippen LogP) is 11.2. The molecule has 40 heavy (non-hydrogen) atoms. The van der Waals surface area contributed by atoms with Crippen LogP contribution >= 0.6 is 34.1 Å². The van der Waals surface area contributed by atoms with Gasteiger partial charge in [-0.25, -0.2) is 0 Å². The summed E-state index contributed by atoms with van der Waals surface area (Å²) < 4.78 is 1.44. The van der Waals surface area contributed by atoms with Crippen LogP contribution in [0.25, 0.3) is 34.4 Å². The fourth-order valence-corrected chi connectivity index (χ4v) is 41.3. The van der Waals surface area contributed by atoms with Crippen LogP contribution in [0.15, 0.2) is 108 Å². The molecule has 4 aromatic carbocycles. The van der Waals surface area contributed by atoms with Gasteiger partial charge in [0.2, 0.25) is 0 Å². The second kappa shape index (κ2) is 8.47. The van der Waals surface area contributed by atoms with Crippen LogP contribution in [-0.4, -0.2) is 11.8 Å². The van der Waals surface area contributed by atoms with Crippen molar-refractivity contribution in [3.63, 3.8) is 0 Å². The van der Waals surface area contributed by atoms with Crippen LogP contribution in [0, 0.1) is 0 Å². The summed E-state index contributed by atoms with van der Waals surface area (Å²) in [6, 6.07) is 33.2. The third kappa shape index (κ3) is 3.73. The molecule has 202 valence electrons. The first-order chi connectivity index (χ1) is 18.7. The van der Waals surface area contributed by atoms with Crippen LogP contribution in [0.1, 0.15) is 36.1 Å². The van der Waals surface area contributed by atoms with Gasteiger partial charge in [-0.15, -0.1) is 0 Å². The van der Waals surface area contributed by atoms with Crippen molar-refractivity contribution in [2.24, 2.45) is 0 Å². The first kappa shape index (κ1) is 28.5. The molecule has 0 amide bonds. The second-order valence-corrected chi connectivity index (χ2v) is 83.0. The molecular formula is C34H30Cl4SiZr. The molecule has 0 unspecified atom stereocenters. The molecule has 0 aliphatic heterocycles. The van der Waals surface area contributed by atoms with E-state index in [-0.39, 0.29) is 0 Å². The molecule has 2 aliphatic rings. The molecule has 0 atom stereocenters. The van der Waals surface area contributed by atoms with E-state index in [9.17, 15) is 0 Å². The summed E-state index contributed by atoms with van der Waals surface area (Å²) in [6.07, 6.45) is 4.32. The Kier molecular flexibility index (Phi) is 6.03. The Morgan fingerprint density at radius 3 is 1.18 bits per heavy atom. The van der Waals surface area contributed by atoms with Gasteiger partial charge in [0, 0.05) is 0 Å². The summed E-state index contributed by atoms with van der Waals surface area (Å²) in [5, 5.41) is 0. The molecule has 0 saturated carbocycles. The van der Waals surface area contributed by atoms with Gasteiger partial charge >= 0.3 is 246 Å². The van der Waals surface area contributed by atoms with Crippen LogP contribution in [0.5, 0.6) is 0 Å². The molecule has 6 heteroatoms. The van der Waals surface area contributed by atoms with Crippen molar-refractivity contribution in [3.05, 3.63) is 130 Å². The Hall–Kier alpha value is -1.64. The van der Waals surface area contributed by atoms with Gasteiger partial charge in [-0.2, -0.15) is 0 Å². The van der Waals surface area contributed by atoms with E-state index in [0.29, 0.717) is 0 Å². The monoisotopic (exact) mass is 696 g/mol. The molecule has 2 aliphatic carbocycles. The number of rotatable bonds is 2. The van der Waals surface area contributed by atoms with Crippen LogP contribution in [0.2, 0.25) is 13.1 Å². The van der Waals surface area contributed by atoms with Crippen LogP contribution < -0.4 is 0 Å². The van der Waals surface area contributed by atoms with Crippen LogP contribution in [-0.2, 0) is 8.69 Å². The van der Waals surface area contributed by atoms with E-state index < -0.39 is 14.1 Å². The quantitative estimate of drug-likeness (QED) is 0.183. The summed E-state index contributed by atoms with van der Waals surface area (Å²) in [6.45, 7) is 8.25. The normalized spacial score (nSPS) is 15.9. The molecule has 6 rings (SSSR count). The van der Waals surface area contributed by atoms with Gasteiger partial charge < -0.3 is 0 Å². The summed E-state index contributed by atoms with van der Waals surface area (Å²) in [5.41, 5.74) is 8.42. The molecule has 0 heterocycles. The predicted molar refractivity (Wildman–Crippen MR) is 180 cm³/mol. The van der Waals surface area contributed by atoms with Gasteiger partial charge in [0.25, 0.3) is 0 Å². The van der Waals surface area contributed by atoms with Gasteiger partial charge in [-0.05, 0) is 0 Å². The zero-order chi connectivity index (χ0) is 28.6. The van der Waals surface area contributed by atoms with E-state index in [0.717, 1.165) is 62.1 Å². The zero-order valence-electron chi connectivity index (χ0n) is 22.9. The van der Waals surface area contributed by atoms with E-state index >= 15 is 0 Å². The van der Waals surface area contributed by atoms with Crippen molar-refractivity contribution in [1.82, 2.24) is 0 Å². The molecule has 0 nitrogen and oxygen atoms in total. The van der Waals surface area contributed by atoms with E-state index in [1.54, 1.807) is 0 Å². The number of benzene rings is 4. The standard InChI is InChI=1S/2C16H12.C2H6Si.4ClH.Zr/c2*1-12-10-14-8-5-9-15(16(14)11-12)13-6-3-2-4-7-13;1-3-2;;;;;/h2*2-9,11H,1H3;1-2H3;4*1H;/q;;;;;;;+4/p-4. The van der Waals surface area contributed by atoms with E-state index in [1.807, 2.05) is 50.2 Å². The Morgan fingerprint density at radius 2 is 0.825 bits per heavy atom. The Morgan fingerprint density at radius 1 is 0.475 bits per heavy atom. The van der Waals surface area contributed by atoms with Gasteiger partial charge in [0.15, 0.2) is 0 Å². The Labute approximate surface area is 244 Å². The number of halogens is 4. The third-order valence-electron chi connectivity index (χ3n) is 8.94. The van der Waals surface area contributed by atoms with Crippen LogP contribution in [0.3, 0.4) is 0 Å². The maximum absolute atomic E-state index is 8.27. The molecule has 0 aromatic heterocycles. The summed E-state index contributed by atoms with van der Waals surface area (Å²) in [7, 11) is 26.0. The molecular weight excluding hydrogens is 669 g/mol. The van der Waals surface area contributed by atoms with Crippen molar-refractivity contribution in [2.75, 3.05) is 0 Å². The summed E-state index contributed by atoms with van der Waals surface area (Å²) in [5.74, 6) is 0. The van der Waals surface area contributed by atoms with Gasteiger partial charge in [0.1, 0.15) is 0 Å². The van der Waals surface area contributed by atoms with Crippen molar-refractivity contribution >= 4 is 58.0 Å². The molecule has 0 radical (unpaired) electrons. The van der Waals surface area contributed by atoms with Gasteiger partial charge in [0.05, 0.1) is 0 Å². The fraction of sp³-hybridized carbons (Fsp3) is 0.118. The molecule has 0 fully saturated rings. The number of hydrogen-bond acceptors (Lipinski definition) is 0. The molecule has 0 N–H and O–H groups in total. The summed E-state index contributed by atoms with van der Waals surface area (Å²) >= 11 is 0. The average Bonchev–Trinajstić information content (AvgIpc) is 3.46. The van der Waals surface area contributed by atoms with Crippen molar-refractivity contribution in [1.29, 1.82) is 0 Å². The van der Waals surface area contributed by atoms with E-state index in [2.05, 4.69) is 85.9 Å². The van der Waals surface area contributed by atoms with Gasteiger partial charge in [-0.3, -0.25) is 0 Å². The van der Waals surface area contributed by atoms with E-state index in [1.165, 1.54) is 0 Å². The first-order valence-electron chi connectivity index (χ1n) is 13.5. The average molecular weight is 700 g/mol. The molecule has 4 aromatic rings. The third-order valence-corrected chi connectivity index (χ3v) is 78.1.